The molecule has 1 aliphatic heterocycles. The summed E-state index contributed by atoms with van der Waals surface area (Å²) in [6.45, 7) is 2.55. The minimum absolute atomic E-state index is 0.0236. The molecule has 2 fully saturated rings. The van der Waals surface area contributed by atoms with Gasteiger partial charge in [-0.15, -0.1) is 0 Å². The van der Waals surface area contributed by atoms with Crippen LogP contribution in [0.15, 0.2) is 0 Å². The van der Waals surface area contributed by atoms with E-state index in [9.17, 15) is 18.0 Å². The van der Waals surface area contributed by atoms with Gasteiger partial charge >= 0.3 is 6.18 Å². The molecular formula is C14H21F3N4O. The van der Waals surface area contributed by atoms with Crippen LogP contribution in [-0.4, -0.2) is 52.7 Å². The molecule has 0 aromatic rings. The number of carbonyl (C=O) groups is 1. The molecule has 1 unspecified atom stereocenters. The van der Waals surface area contributed by atoms with Crippen LogP contribution in [0.1, 0.15) is 39.0 Å². The molecule has 0 aromatic carbocycles. The van der Waals surface area contributed by atoms with Gasteiger partial charge in [-0.1, -0.05) is 6.92 Å². The van der Waals surface area contributed by atoms with Crippen LogP contribution in [0.5, 0.6) is 0 Å². The monoisotopic (exact) mass is 318 g/mol. The van der Waals surface area contributed by atoms with Crippen molar-refractivity contribution in [3.8, 4) is 0 Å². The molecule has 0 bridgehead atoms. The number of amidine groups is 2. The molecule has 0 radical (unpaired) electrons. The Morgan fingerprint density at radius 1 is 1.36 bits per heavy atom. The quantitative estimate of drug-likeness (QED) is 0.618. The highest BCUT2D eigenvalue weighted by Gasteiger charge is 2.43. The lowest BCUT2D eigenvalue weighted by Gasteiger charge is -2.36. The van der Waals surface area contributed by atoms with E-state index >= 15 is 0 Å². The van der Waals surface area contributed by atoms with Crippen molar-refractivity contribution in [2.45, 2.75) is 51.2 Å². The first-order valence-electron chi connectivity index (χ1n) is 7.56. The topological polar surface area (TPSA) is 71.2 Å². The van der Waals surface area contributed by atoms with Crippen LogP contribution in [0, 0.1) is 16.7 Å². The third-order valence-electron chi connectivity index (χ3n) is 4.09. The van der Waals surface area contributed by atoms with E-state index < -0.39 is 17.9 Å². The zero-order valence-electron chi connectivity index (χ0n) is 12.5. The normalized spacial score (nSPS) is 22.6. The van der Waals surface area contributed by atoms with Crippen LogP contribution in [0.3, 0.4) is 0 Å². The molecule has 2 aliphatic rings. The molecule has 1 saturated heterocycles. The van der Waals surface area contributed by atoms with E-state index in [4.69, 9.17) is 10.8 Å². The minimum Gasteiger partial charge on any atom is -0.339 e. The van der Waals surface area contributed by atoms with Crippen LogP contribution >= 0.6 is 0 Å². The molecule has 8 heteroatoms. The first-order valence-corrected chi connectivity index (χ1v) is 7.56. The zero-order valence-corrected chi connectivity index (χ0v) is 12.5. The zero-order chi connectivity index (χ0) is 16.5. The Labute approximate surface area is 127 Å². The number of amides is 1. The first-order chi connectivity index (χ1) is 10.3. The molecule has 5 nitrogen and oxygen atoms in total. The van der Waals surface area contributed by atoms with Gasteiger partial charge in [0.2, 0.25) is 11.7 Å². The van der Waals surface area contributed by atoms with Crippen LogP contribution < -0.4 is 0 Å². The van der Waals surface area contributed by atoms with Crippen molar-refractivity contribution in [1.29, 1.82) is 10.8 Å². The number of nitrogens with zero attached hydrogens (tertiary/aromatic N) is 2. The van der Waals surface area contributed by atoms with Crippen LogP contribution in [-0.2, 0) is 4.79 Å². The maximum Gasteiger partial charge on any atom is 0.449 e. The highest BCUT2D eigenvalue weighted by molar-refractivity contribution is 6.02. The maximum atomic E-state index is 12.6. The average Bonchev–Trinajstić information content (AvgIpc) is 3.26. The van der Waals surface area contributed by atoms with Crippen LogP contribution in [0.4, 0.5) is 13.2 Å². The second kappa shape index (κ2) is 6.26. The minimum atomic E-state index is -4.76. The Morgan fingerprint density at radius 2 is 2.00 bits per heavy atom. The Bertz CT molecular complexity index is 473. The molecule has 1 amide bonds. The lowest BCUT2D eigenvalue weighted by atomic mass is 9.94. The molecule has 1 atom stereocenters. The summed E-state index contributed by atoms with van der Waals surface area (Å²) in [5.41, 5.74) is 0. The second-order valence-electron chi connectivity index (χ2n) is 5.90. The summed E-state index contributed by atoms with van der Waals surface area (Å²) in [7, 11) is 0. The largest absolute Gasteiger partial charge is 0.449 e. The van der Waals surface area contributed by atoms with Crippen molar-refractivity contribution in [2.24, 2.45) is 5.92 Å². The Balaban J connectivity index is 1.98. The molecule has 2 rings (SSSR count). The Hall–Kier alpha value is -1.60. The molecular weight excluding hydrogens is 297 g/mol. The molecule has 0 spiro atoms. The van der Waals surface area contributed by atoms with Gasteiger partial charge in [0.25, 0.3) is 0 Å². The van der Waals surface area contributed by atoms with E-state index in [1.54, 1.807) is 0 Å². The molecule has 1 saturated carbocycles. The van der Waals surface area contributed by atoms with E-state index in [1.165, 1.54) is 0 Å². The fourth-order valence-electron chi connectivity index (χ4n) is 2.81. The summed E-state index contributed by atoms with van der Waals surface area (Å²) in [6.07, 6.45) is -1.71. The number of hydrogen-bond acceptors (Lipinski definition) is 3. The van der Waals surface area contributed by atoms with Crippen molar-refractivity contribution in [3.05, 3.63) is 0 Å². The Kier molecular flexibility index (Phi) is 4.77. The van der Waals surface area contributed by atoms with Crippen LogP contribution in [0.2, 0.25) is 0 Å². The molecule has 22 heavy (non-hydrogen) atoms. The third-order valence-corrected chi connectivity index (χ3v) is 4.09. The second-order valence-corrected chi connectivity index (χ2v) is 5.90. The number of likely N-dealkylation sites (tertiary alicyclic amines) is 1. The number of hydrogen-bond donors (Lipinski definition) is 2. The number of piperidine rings is 1. The van der Waals surface area contributed by atoms with Gasteiger partial charge in [-0.05, 0) is 25.7 Å². The van der Waals surface area contributed by atoms with Gasteiger partial charge in [0.1, 0.15) is 5.84 Å². The predicted molar refractivity (Wildman–Crippen MR) is 76.0 cm³/mol. The fraction of sp³-hybridized carbons (Fsp3) is 0.786. The molecule has 1 aliphatic carbocycles. The van der Waals surface area contributed by atoms with Gasteiger partial charge in [0.05, 0.1) is 0 Å². The van der Waals surface area contributed by atoms with Gasteiger partial charge in [0, 0.05) is 31.5 Å². The van der Waals surface area contributed by atoms with Crippen LogP contribution in [0.25, 0.3) is 0 Å². The van der Waals surface area contributed by atoms with E-state index in [0.717, 1.165) is 19.3 Å². The number of carbonyl (C=O) groups excluding carboxylic acids is 1. The summed E-state index contributed by atoms with van der Waals surface area (Å²) >= 11 is 0. The van der Waals surface area contributed by atoms with Gasteiger partial charge in [-0.3, -0.25) is 15.6 Å². The summed E-state index contributed by atoms with van der Waals surface area (Å²) < 4.78 is 37.7. The summed E-state index contributed by atoms with van der Waals surface area (Å²) in [5.74, 6) is -2.29. The van der Waals surface area contributed by atoms with Gasteiger partial charge < -0.3 is 9.80 Å². The first kappa shape index (κ1) is 16.8. The average molecular weight is 318 g/mol. The van der Waals surface area contributed by atoms with E-state index in [0.29, 0.717) is 11.4 Å². The maximum absolute atomic E-state index is 12.6. The van der Waals surface area contributed by atoms with Crippen molar-refractivity contribution < 1.29 is 18.0 Å². The fourth-order valence-corrected chi connectivity index (χ4v) is 2.81. The van der Waals surface area contributed by atoms with Gasteiger partial charge in [-0.2, -0.15) is 13.2 Å². The van der Waals surface area contributed by atoms with E-state index in [2.05, 4.69) is 0 Å². The van der Waals surface area contributed by atoms with Crippen molar-refractivity contribution in [3.63, 3.8) is 0 Å². The number of rotatable bonds is 4. The van der Waals surface area contributed by atoms with Crippen molar-refractivity contribution in [1.82, 2.24) is 9.80 Å². The van der Waals surface area contributed by atoms with Crippen molar-refractivity contribution >= 4 is 17.6 Å². The smallest absolute Gasteiger partial charge is 0.339 e. The molecule has 2 N–H and O–H groups in total. The van der Waals surface area contributed by atoms with Crippen molar-refractivity contribution in [2.75, 3.05) is 13.1 Å². The predicted octanol–water partition coefficient (Wildman–Crippen LogP) is 2.62. The standard InChI is InChI=1S/C14H21F3N4O/c1-2-6-20(10-3-4-10)12(22)9-5-7-21(11(18)8-9)13(19)14(15,16)17/h9-10,18-19H,2-8H2,1H3. The molecule has 0 aromatic heterocycles. The highest BCUT2D eigenvalue weighted by Crippen LogP contribution is 2.31. The summed E-state index contributed by atoms with van der Waals surface area (Å²) in [6, 6.07) is 0.271. The van der Waals surface area contributed by atoms with Gasteiger partial charge in [0.15, 0.2) is 0 Å². The number of halogens is 3. The van der Waals surface area contributed by atoms with E-state index in [1.807, 2.05) is 11.8 Å². The number of alkyl halides is 3. The third kappa shape index (κ3) is 3.59. The lowest BCUT2D eigenvalue weighted by Crippen LogP contribution is -2.50. The van der Waals surface area contributed by atoms with E-state index in [-0.39, 0.29) is 37.2 Å². The lowest BCUT2D eigenvalue weighted by molar-refractivity contribution is -0.136. The molecule has 124 valence electrons. The number of nitrogens with one attached hydrogen (secondary N) is 2. The van der Waals surface area contributed by atoms with Gasteiger partial charge in [-0.25, -0.2) is 0 Å². The highest BCUT2D eigenvalue weighted by atomic mass is 19.4. The SMILES string of the molecule is CCCN(C(=O)C1CCN(C(=N)C(F)(F)F)C(=N)C1)C1CC1. The summed E-state index contributed by atoms with van der Waals surface area (Å²) in [4.78, 5) is 15.0. The molecule has 1 heterocycles. The summed E-state index contributed by atoms with van der Waals surface area (Å²) in [5, 5.41) is 14.9. The Morgan fingerprint density at radius 3 is 2.45 bits per heavy atom.